The molecule has 2 atom stereocenters. The summed E-state index contributed by atoms with van der Waals surface area (Å²) in [5.41, 5.74) is 1.17. The fraction of sp³-hybridized carbons (Fsp3) is 0.421. The molecule has 1 N–H and O–H groups in total. The number of methoxy groups -OCH3 is 2. The number of hydroxylamine groups is 1. The van der Waals surface area contributed by atoms with Gasteiger partial charge in [0.25, 0.3) is 0 Å². The van der Waals surface area contributed by atoms with Gasteiger partial charge in [-0.05, 0) is 18.1 Å². The van der Waals surface area contributed by atoms with Gasteiger partial charge in [-0.25, -0.2) is 4.74 Å². The van der Waals surface area contributed by atoms with E-state index in [1.54, 1.807) is 6.92 Å². The summed E-state index contributed by atoms with van der Waals surface area (Å²) in [5.74, 6) is -1.65. The molecule has 26 heavy (non-hydrogen) atoms. The number of carbonyl (C=O) groups excluding carboxylic acids is 2. The van der Waals surface area contributed by atoms with E-state index in [0.717, 1.165) is 21.2 Å². The Kier molecular flexibility index (Phi) is 3.57. The number of hydrogen-bond acceptors (Lipinski definition) is 5. The predicted octanol–water partition coefficient (Wildman–Crippen LogP) is 1.84. The molecule has 1 aliphatic heterocycles. The molecule has 2 unspecified atom stereocenters. The Morgan fingerprint density at radius 3 is 2.50 bits per heavy atom. The van der Waals surface area contributed by atoms with E-state index in [2.05, 4.69) is 4.98 Å². The van der Waals surface area contributed by atoms with Crippen LogP contribution in [0.2, 0.25) is 0 Å². The van der Waals surface area contributed by atoms with Crippen LogP contribution in [-0.2, 0) is 24.5 Å². The fourth-order valence-corrected chi connectivity index (χ4v) is 4.63. The number of ether oxygens (including phenoxy) is 2. The Labute approximate surface area is 150 Å². The van der Waals surface area contributed by atoms with Crippen LogP contribution in [0.1, 0.15) is 30.5 Å². The van der Waals surface area contributed by atoms with Gasteiger partial charge in [0.05, 0.1) is 26.1 Å². The first-order valence-corrected chi connectivity index (χ1v) is 8.51. The Morgan fingerprint density at radius 1 is 1.19 bits per heavy atom. The van der Waals surface area contributed by atoms with Crippen LogP contribution in [0.15, 0.2) is 24.3 Å². The molecule has 1 aromatic carbocycles. The Morgan fingerprint density at radius 2 is 1.85 bits per heavy atom. The zero-order valence-corrected chi connectivity index (χ0v) is 14.9. The van der Waals surface area contributed by atoms with Gasteiger partial charge in [-0.15, -0.1) is 0 Å². The highest BCUT2D eigenvalue weighted by Gasteiger charge is 2.61. The number of aromatic amines is 1. The van der Waals surface area contributed by atoms with Crippen LogP contribution in [0.25, 0.3) is 10.9 Å². The van der Waals surface area contributed by atoms with Gasteiger partial charge in [0, 0.05) is 23.5 Å². The first-order chi connectivity index (χ1) is 12.5. The second kappa shape index (κ2) is 5.59. The van der Waals surface area contributed by atoms with Crippen LogP contribution in [0, 0.1) is 11.1 Å². The highest BCUT2D eigenvalue weighted by atomic mass is 16.5. The Bertz CT molecular complexity index is 942. The number of H-pyrrole nitrogens is 1. The Balaban J connectivity index is 2.07. The van der Waals surface area contributed by atoms with Crippen molar-refractivity contribution in [1.29, 1.82) is 0 Å². The fourth-order valence-electron chi connectivity index (χ4n) is 4.63. The van der Waals surface area contributed by atoms with Gasteiger partial charge in [0.15, 0.2) is 12.3 Å². The second-order valence-electron chi connectivity index (χ2n) is 6.97. The standard InChI is InChI=1S/C19H20N2O5/c1-10-12-8-19(17(22)25-2,18(23)26-3)16-15(13(12)9-21(10)24)11-6-4-5-7-14(11)20-16/h4-7,12-13,20H,8-9H2,1-3H3. The van der Waals surface area contributed by atoms with Crippen molar-refractivity contribution in [2.45, 2.75) is 24.7 Å². The monoisotopic (exact) mass is 356 g/mol. The third-order valence-corrected chi connectivity index (χ3v) is 5.92. The van der Waals surface area contributed by atoms with Gasteiger partial charge in [-0.1, -0.05) is 18.2 Å². The summed E-state index contributed by atoms with van der Waals surface area (Å²) in [4.78, 5) is 29.0. The van der Waals surface area contributed by atoms with Crippen LogP contribution in [0.5, 0.6) is 0 Å². The summed E-state index contributed by atoms with van der Waals surface area (Å²) >= 11 is 0. The third kappa shape index (κ3) is 1.91. The van der Waals surface area contributed by atoms with E-state index < -0.39 is 17.4 Å². The van der Waals surface area contributed by atoms with Crippen molar-refractivity contribution in [3.05, 3.63) is 40.7 Å². The minimum atomic E-state index is -1.61. The Hall–Kier alpha value is -2.83. The van der Waals surface area contributed by atoms with Crippen molar-refractivity contribution in [3.8, 4) is 0 Å². The minimum Gasteiger partial charge on any atom is -0.624 e. The van der Waals surface area contributed by atoms with Crippen LogP contribution in [-0.4, -0.2) is 48.1 Å². The molecule has 0 saturated heterocycles. The number of rotatable bonds is 2. The lowest BCUT2D eigenvalue weighted by Gasteiger charge is -2.36. The highest BCUT2D eigenvalue weighted by molar-refractivity contribution is 6.09. The van der Waals surface area contributed by atoms with E-state index in [1.807, 2.05) is 24.3 Å². The lowest BCUT2D eigenvalue weighted by Crippen LogP contribution is -2.51. The van der Waals surface area contributed by atoms with E-state index in [4.69, 9.17) is 9.47 Å². The van der Waals surface area contributed by atoms with Crippen molar-refractivity contribution in [2.24, 2.45) is 5.92 Å². The number of hydrogen-bond donors (Lipinski definition) is 1. The number of aromatic nitrogens is 1. The largest absolute Gasteiger partial charge is 0.624 e. The van der Waals surface area contributed by atoms with E-state index in [0.29, 0.717) is 18.0 Å². The molecule has 0 amide bonds. The topological polar surface area (TPSA) is 94.5 Å². The summed E-state index contributed by atoms with van der Waals surface area (Å²) in [6.45, 7) is 2.07. The zero-order valence-electron chi connectivity index (χ0n) is 14.9. The number of nitrogens with one attached hydrogen (secondary N) is 1. The molecule has 2 heterocycles. The molecular formula is C19H20N2O5. The second-order valence-corrected chi connectivity index (χ2v) is 6.97. The van der Waals surface area contributed by atoms with E-state index >= 15 is 0 Å². The number of nitrogens with zero attached hydrogens (tertiary/aromatic N) is 1. The van der Waals surface area contributed by atoms with E-state index in [9.17, 15) is 14.8 Å². The maximum atomic E-state index is 12.9. The summed E-state index contributed by atoms with van der Waals surface area (Å²) in [6.07, 6.45) is 0.154. The van der Waals surface area contributed by atoms with Gasteiger partial charge in [0.1, 0.15) is 0 Å². The molecule has 0 spiro atoms. The molecule has 2 aromatic rings. The van der Waals surface area contributed by atoms with Crippen molar-refractivity contribution < 1.29 is 23.8 Å². The SMILES string of the molecule is COC(=O)C1(C(=O)OC)CC2C(C)=[N+]([O-])CC2c2c1[nH]c1ccccc21. The van der Waals surface area contributed by atoms with Gasteiger partial charge in [-0.2, -0.15) is 0 Å². The van der Waals surface area contributed by atoms with E-state index in [1.165, 1.54) is 14.2 Å². The maximum Gasteiger partial charge on any atom is 0.329 e. The number of benzene rings is 1. The lowest BCUT2D eigenvalue weighted by atomic mass is 9.64. The summed E-state index contributed by atoms with van der Waals surface area (Å²) < 4.78 is 11.0. The first kappa shape index (κ1) is 16.6. The normalized spacial score (nSPS) is 23.5. The zero-order chi connectivity index (χ0) is 18.6. The number of para-hydroxylation sites is 1. The van der Waals surface area contributed by atoms with Crippen molar-refractivity contribution in [2.75, 3.05) is 20.8 Å². The minimum absolute atomic E-state index is 0.0823. The third-order valence-electron chi connectivity index (χ3n) is 5.92. The molecule has 136 valence electrons. The molecular weight excluding hydrogens is 336 g/mol. The quantitative estimate of drug-likeness (QED) is 0.383. The molecule has 7 nitrogen and oxygen atoms in total. The molecule has 0 bridgehead atoms. The smallest absolute Gasteiger partial charge is 0.329 e. The van der Waals surface area contributed by atoms with Crippen molar-refractivity contribution in [1.82, 2.24) is 4.98 Å². The highest BCUT2D eigenvalue weighted by Crippen LogP contribution is 2.52. The molecule has 0 radical (unpaired) electrons. The number of carbonyl (C=O) groups is 2. The maximum absolute atomic E-state index is 12.9. The molecule has 7 heteroatoms. The van der Waals surface area contributed by atoms with Gasteiger partial charge >= 0.3 is 11.9 Å². The average Bonchev–Trinajstić information content (AvgIpc) is 3.18. The number of fused-ring (bicyclic) bond motifs is 5. The molecule has 0 fully saturated rings. The van der Waals surface area contributed by atoms with Crippen molar-refractivity contribution >= 4 is 28.6 Å². The van der Waals surface area contributed by atoms with Gasteiger partial charge < -0.3 is 19.7 Å². The first-order valence-electron chi connectivity index (χ1n) is 8.51. The van der Waals surface area contributed by atoms with Gasteiger partial charge in [0.2, 0.25) is 5.41 Å². The van der Waals surface area contributed by atoms with Crippen LogP contribution >= 0.6 is 0 Å². The van der Waals surface area contributed by atoms with Gasteiger partial charge in [-0.3, -0.25) is 9.59 Å². The van der Waals surface area contributed by atoms with Crippen LogP contribution in [0.3, 0.4) is 0 Å². The van der Waals surface area contributed by atoms with Crippen LogP contribution < -0.4 is 0 Å². The summed E-state index contributed by atoms with van der Waals surface area (Å²) in [7, 11) is 2.51. The summed E-state index contributed by atoms with van der Waals surface area (Å²) in [5, 5.41) is 13.2. The average molecular weight is 356 g/mol. The number of esters is 2. The van der Waals surface area contributed by atoms with Crippen LogP contribution in [0.4, 0.5) is 0 Å². The molecule has 1 aromatic heterocycles. The van der Waals surface area contributed by atoms with Crippen molar-refractivity contribution in [3.63, 3.8) is 0 Å². The molecule has 2 aliphatic rings. The molecule has 1 aliphatic carbocycles. The van der Waals surface area contributed by atoms with E-state index in [-0.39, 0.29) is 18.3 Å². The lowest BCUT2D eigenvalue weighted by molar-refractivity contribution is -0.451. The molecule has 0 saturated carbocycles. The predicted molar refractivity (Wildman–Crippen MR) is 94.0 cm³/mol. The summed E-state index contributed by atoms with van der Waals surface area (Å²) in [6, 6.07) is 7.61. The molecule has 4 rings (SSSR count).